The summed E-state index contributed by atoms with van der Waals surface area (Å²) in [7, 11) is 2.15. The number of anilines is 1. The van der Waals surface area contributed by atoms with Gasteiger partial charge in [0.25, 0.3) is 0 Å². The van der Waals surface area contributed by atoms with Gasteiger partial charge in [0.1, 0.15) is 11.9 Å². The average Bonchev–Trinajstić information content (AvgIpc) is 2.78. The molecule has 0 aromatic heterocycles. The summed E-state index contributed by atoms with van der Waals surface area (Å²) in [5, 5.41) is 3.13. The number of carbonyl (C=O) groups excluding carboxylic acids is 1. The van der Waals surface area contributed by atoms with Crippen LogP contribution >= 0.6 is 0 Å². The molecule has 0 atom stereocenters. The first-order chi connectivity index (χ1) is 14.2. The molecule has 154 valence electrons. The van der Waals surface area contributed by atoms with Crippen LogP contribution in [0.5, 0.6) is 5.75 Å². The van der Waals surface area contributed by atoms with Gasteiger partial charge in [-0.05, 0) is 62.6 Å². The number of hydrogen-bond acceptors (Lipinski definition) is 4. The van der Waals surface area contributed by atoms with Gasteiger partial charge in [0, 0.05) is 32.0 Å². The number of carbonyl (C=O) groups is 1. The van der Waals surface area contributed by atoms with Crippen LogP contribution in [0.2, 0.25) is 0 Å². The number of nitrogens with zero attached hydrogens (tertiary/aromatic N) is 1. The Bertz CT molecular complexity index is 793. The number of piperidine rings is 1. The smallest absolute Gasteiger partial charge is 0.235 e. The molecule has 2 saturated heterocycles. The van der Waals surface area contributed by atoms with Crippen molar-refractivity contribution in [3.8, 4) is 5.75 Å². The first-order valence-corrected chi connectivity index (χ1v) is 10.6. The quantitative estimate of drug-likeness (QED) is 0.837. The van der Waals surface area contributed by atoms with Gasteiger partial charge < -0.3 is 19.7 Å². The highest BCUT2D eigenvalue weighted by molar-refractivity contribution is 5.99. The molecule has 0 unspecified atom stereocenters. The van der Waals surface area contributed by atoms with Crippen LogP contribution < -0.4 is 10.1 Å². The topological polar surface area (TPSA) is 50.8 Å². The standard InChI is InChI=1S/C24H30N2O3/c1-26-15-11-22(12-16-26)29-21-9-7-20(8-10-21)25-23(27)24(13-17-28-18-14-24)19-5-3-2-4-6-19/h2-10,22H,11-18H2,1H3,(H,25,27). The third-order valence-electron chi connectivity index (χ3n) is 6.19. The van der Waals surface area contributed by atoms with Crippen molar-refractivity contribution >= 4 is 11.6 Å². The largest absolute Gasteiger partial charge is 0.490 e. The van der Waals surface area contributed by atoms with Crippen molar-refractivity contribution in [3.63, 3.8) is 0 Å². The highest BCUT2D eigenvalue weighted by atomic mass is 16.5. The second-order valence-electron chi connectivity index (χ2n) is 8.16. The van der Waals surface area contributed by atoms with Crippen LogP contribution in [0.3, 0.4) is 0 Å². The third kappa shape index (κ3) is 4.62. The summed E-state index contributed by atoms with van der Waals surface area (Å²) in [6.45, 7) is 3.35. The molecule has 0 saturated carbocycles. The van der Waals surface area contributed by atoms with Gasteiger partial charge in [0.2, 0.25) is 5.91 Å². The van der Waals surface area contributed by atoms with Gasteiger partial charge in [0.05, 0.1) is 5.41 Å². The lowest BCUT2D eigenvalue weighted by Gasteiger charge is -2.36. The molecule has 2 fully saturated rings. The molecule has 5 nitrogen and oxygen atoms in total. The molecule has 1 amide bonds. The monoisotopic (exact) mass is 394 g/mol. The van der Waals surface area contributed by atoms with E-state index in [1.54, 1.807) is 0 Å². The Labute approximate surface area is 173 Å². The maximum absolute atomic E-state index is 13.3. The summed E-state index contributed by atoms with van der Waals surface area (Å²) in [5.74, 6) is 0.900. The molecular formula is C24H30N2O3. The molecule has 2 aliphatic heterocycles. The van der Waals surface area contributed by atoms with Crippen molar-refractivity contribution in [2.24, 2.45) is 0 Å². The van der Waals surface area contributed by atoms with E-state index in [-0.39, 0.29) is 12.0 Å². The number of ether oxygens (including phenoxy) is 2. The van der Waals surface area contributed by atoms with Crippen LogP contribution in [0.15, 0.2) is 54.6 Å². The van der Waals surface area contributed by atoms with Gasteiger partial charge in [-0.25, -0.2) is 0 Å². The summed E-state index contributed by atoms with van der Waals surface area (Å²) in [6, 6.07) is 17.8. The minimum atomic E-state index is -0.539. The van der Waals surface area contributed by atoms with E-state index in [0.717, 1.165) is 42.9 Å². The van der Waals surface area contributed by atoms with Crippen LogP contribution in [-0.2, 0) is 14.9 Å². The Morgan fingerprint density at radius 3 is 2.34 bits per heavy atom. The van der Waals surface area contributed by atoms with Gasteiger partial charge >= 0.3 is 0 Å². The van der Waals surface area contributed by atoms with Crippen LogP contribution in [-0.4, -0.2) is 50.3 Å². The third-order valence-corrected chi connectivity index (χ3v) is 6.19. The number of hydrogen-bond donors (Lipinski definition) is 1. The molecule has 2 heterocycles. The van der Waals surface area contributed by atoms with Crippen molar-refractivity contribution < 1.29 is 14.3 Å². The molecular weight excluding hydrogens is 364 g/mol. The van der Waals surface area contributed by atoms with Crippen molar-refractivity contribution in [2.45, 2.75) is 37.2 Å². The predicted octanol–water partition coefficient (Wildman–Crippen LogP) is 3.85. The average molecular weight is 395 g/mol. The fourth-order valence-corrected chi connectivity index (χ4v) is 4.29. The Kier molecular flexibility index (Phi) is 6.16. The van der Waals surface area contributed by atoms with Crippen LogP contribution in [0, 0.1) is 0 Å². The van der Waals surface area contributed by atoms with Crippen LogP contribution in [0.4, 0.5) is 5.69 Å². The Morgan fingerprint density at radius 1 is 1.03 bits per heavy atom. The van der Waals surface area contributed by atoms with Gasteiger partial charge in [-0.3, -0.25) is 4.79 Å². The van der Waals surface area contributed by atoms with Gasteiger partial charge in [0.15, 0.2) is 0 Å². The summed E-state index contributed by atoms with van der Waals surface area (Å²) < 4.78 is 11.7. The highest BCUT2D eigenvalue weighted by Gasteiger charge is 2.41. The molecule has 0 aliphatic carbocycles. The first-order valence-electron chi connectivity index (χ1n) is 10.6. The van der Waals surface area contributed by atoms with Crippen molar-refractivity contribution in [3.05, 3.63) is 60.2 Å². The molecule has 5 heteroatoms. The van der Waals surface area contributed by atoms with Crippen molar-refractivity contribution in [1.82, 2.24) is 4.90 Å². The van der Waals surface area contributed by atoms with E-state index in [0.29, 0.717) is 26.1 Å². The van der Waals surface area contributed by atoms with E-state index in [9.17, 15) is 4.79 Å². The minimum Gasteiger partial charge on any atom is -0.490 e. The minimum absolute atomic E-state index is 0.0380. The second kappa shape index (κ2) is 8.97. The zero-order chi connectivity index (χ0) is 20.1. The maximum atomic E-state index is 13.3. The molecule has 4 rings (SSSR count). The first kappa shape index (κ1) is 19.9. The van der Waals surface area contributed by atoms with E-state index < -0.39 is 5.41 Å². The number of benzene rings is 2. The molecule has 2 aliphatic rings. The number of likely N-dealkylation sites (tertiary alicyclic amines) is 1. The molecule has 2 aromatic rings. The Morgan fingerprint density at radius 2 is 1.69 bits per heavy atom. The predicted molar refractivity (Wildman–Crippen MR) is 114 cm³/mol. The van der Waals surface area contributed by atoms with Crippen molar-refractivity contribution in [2.75, 3.05) is 38.7 Å². The summed E-state index contributed by atoms with van der Waals surface area (Å²) in [5.41, 5.74) is 1.32. The molecule has 1 N–H and O–H groups in total. The normalized spacial score (nSPS) is 20.2. The lowest BCUT2D eigenvalue weighted by atomic mass is 9.73. The van der Waals surface area contributed by atoms with Gasteiger partial charge in [-0.2, -0.15) is 0 Å². The lowest BCUT2D eigenvalue weighted by molar-refractivity contribution is -0.125. The van der Waals surface area contributed by atoms with Gasteiger partial charge in [-0.1, -0.05) is 30.3 Å². The van der Waals surface area contributed by atoms with Gasteiger partial charge in [-0.15, -0.1) is 0 Å². The molecule has 0 spiro atoms. The zero-order valence-corrected chi connectivity index (χ0v) is 17.1. The molecule has 2 aromatic carbocycles. The van der Waals surface area contributed by atoms with Crippen LogP contribution in [0.25, 0.3) is 0 Å². The fourth-order valence-electron chi connectivity index (χ4n) is 4.29. The number of amides is 1. The van der Waals surface area contributed by atoms with E-state index in [1.165, 1.54) is 0 Å². The number of rotatable bonds is 5. The summed E-state index contributed by atoms with van der Waals surface area (Å²) in [6.07, 6.45) is 3.77. The van der Waals surface area contributed by atoms with Crippen molar-refractivity contribution in [1.29, 1.82) is 0 Å². The lowest BCUT2D eigenvalue weighted by Crippen LogP contribution is -2.44. The molecule has 0 bridgehead atoms. The Hall–Kier alpha value is -2.37. The molecule has 29 heavy (non-hydrogen) atoms. The zero-order valence-electron chi connectivity index (χ0n) is 17.1. The van der Waals surface area contributed by atoms with E-state index in [2.05, 4.69) is 17.3 Å². The molecule has 0 radical (unpaired) electrons. The second-order valence-corrected chi connectivity index (χ2v) is 8.16. The summed E-state index contributed by atoms with van der Waals surface area (Å²) >= 11 is 0. The van der Waals surface area contributed by atoms with E-state index in [1.807, 2.05) is 54.6 Å². The highest BCUT2D eigenvalue weighted by Crippen LogP contribution is 2.36. The maximum Gasteiger partial charge on any atom is 0.235 e. The fraction of sp³-hybridized carbons (Fsp3) is 0.458. The summed E-state index contributed by atoms with van der Waals surface area (Å²) in [4.78, 5) is 15.7. The van der Waals surface area contributed by atoms with E-state index >= 15 is 0 Å². The van der Waals surface area contributed by atoms with E-state index in [4.69, 9.17) is 9.47 Å². The number of nitrogens with one attached hydrogen (secondary N) is 1. The SMILES string of the molecule is CN1CCC(Oc2ccc(NC(=O)C3(c4ccccc4)CCOCC3)cc2)CC1. The Balaban J connectivity index is 1.43. The van der Waals surface area contributed by atoms with Crippen LogP contribution in [0.1, 0.15) is 31.2 Å².